The third-order valence-corrected chi connectivity index (χ3v) is 3.53. The predicted octanol–water partition coefficient (Wildman–Crippen LogP) is 3.66. The van der Waals surface area contributed by atoms with Gasteiger partial charge >= 0.3 is 0 Å². The molecule has 0 radical (unpaired) electrons. The number of carbonyl (C=O) groups is 1. The van der Waals surface area contributed by atoms with Gasteiger partial charge in [-0.2, -0.15) is 0 Å². The van der Waals surface area contributed by atoms with E-state index < -0.39 is 0 Å². The molecule has 0 spiro atoms. The van der Waals surface area contributed by atoms with E-state index in [1.807, 2.05) is 25.4 Å². The van der Waals surface area contributed by atoms with E-state index in [-0.39, 0.29) is 4.69 Å². The van der Waals surface area contributed by atoms with Crippen LogP contribution >= 0.6 is 15.9 Å². The molecule has 0 atom stereocenters. The molecule has 106 valence electrons. The quantitative estimate of drug-likeness (QED) is 0.782. The van der Waals surface area contributed by atoms with Gasteiger partial charge in [0.25, 0.3) is 0 Å². The second-order valence-electron chi connectivity index (χ2n) is 4.92. The van der Waals surface area contributed by atoms with Gasteiger partial charge in [-0.1, -0.05) is 32.0 Å². The summed E-state index contributed by atoms with van der Waals surface area (Å²) < 4.78 is 7.24. The highest BCUT2D eigenvalue weighted by atomic mass is 79.9. The third-order valence-electron chi connectivity index (χ3n) is 3.10. The van der Waals surface area contributed by atoms with Crippen molar-refractivity contribution < 1.29 is 9.53 Å². The van der Waals surface area contributed by atoms with E-state index in [0.717, 1.165) is 11.1 Å². The first-order chi connectivity index (χ1) is 9.49. The third kappa shape index (κ3) is 3.28. The van der Waals surface area contributed by atoms with Crippen LogP contribution in [0.2, 0.25) is 0 Å². The van der Waals surface area contributed by atoms with Crippen LogP contribution in [0.25, 0.3) is 0 Å². The Kier molecular flexibility index (Phi) is 4.60. The highest BCUT2D eigenvalue weighted by Gasteiger charge is 2.15. The van der Waals surface area contributed by atoms with Gasteiger partial charge < -0.3 is 4.74 Å². The van der Waals surface area contributed by atoms with E-state index in [1.54, 1.807) is 16.8 Å². The SMILES string of the molecule is CC(C)c1cccc(C(=O)Br)c1COc1ccn(C)n1. The molecule has 2 rings (SSSR count). The summed E-state index contributed by atoms with van der Waals surface area (Å²) in [4.78, 5) is 11.7. The minimum atomic E-state index is -0.125. The maximum atomic E-state index is 11.7. The zero-order chi connectivity index (χ0) is 14.7. The molecule has 0 aliphatic carbocycles. The van der Waals surface area contributed by atoms with Crippen LogP contribution in [0.5, 0.6) is 5.88 Å². The number of rotatable bonds is 5. The smallest absolute Gasteiger partial charge is 0.233 e. The number of carbonyl (C=O) groups excluding carboxylic acids is 1. The van der Waals surface area contributed by atoms with Crippen LogP contribution in [0, 0.1) is 0 Å². The van der Waals surface area contributed by atoms with Crippen molar-refractivity contribution in [2.45, 2.75) is 26.4 Å². The lowest BCUT2D eigenvalue weighted by molar-refractivity contribution is 0.109. The van der Waals surface area contributed by atoms with Gasteiger partial charge in [-0.15, -0.1) is 5.10 Å². The molecule has 0 aliphatic rings. The van der Waals surface area contributed by atoms with Gasteiger partial charge in [-0.05, 0) is 27.4 Å². The van der Waals surface area contributed by atoms with Crippen molar-refractivity contribution in [3.63, 3.8) is 0 Å². The normalized spacial score (nSPS) is 10.8. The van der Waals surface area contributed by atoms with Crippen molar-refractivity contribution in [1.82, 2.24) is 9.78 Å². The number of hydrogen-bond acceptors (Lipinski definition) is 3. The van der Waals surface area contributed by atoms with Crippen molar-refractivity contribution >= 4 is 20.6 Å². The highest BCUT2D eigenvalue weighted by Crippen LogP contribution is 2.25. The van der Waals surface area contributed by atoms with Crippen LogP contribution in [0.1, 0.15) is 41.3 Å². The maximum Gasteiger partial charge on any atom is 0.233 e. The van der Waals surface area contributed by atoms with Crippen LogP contribution in [0.3, 0.4) is 0 Å². The number of hydrogen-bond donors (Lipinski definition) is 0. The maximum absolute atomic E-state index is 11.7. The van der Waals surface area contributed by atoms with E-state index in [0.29, 0.717) is 24.0 Å². The van der Waals surface area contributed by atoms with Crippen molar-refractivity contribution in [1.29, 1.82) is 0 Å². The van der Waals surface area contributed by atoms with Crippen molar-refractivity contribution in [3.05, 3.63) is 47.2 Å². The molecule has 20 heavy (non-hydrogen) atoms. The summed E-state index contributed by atoms with van der Waals surface area (Å²) in [5, 5.41) is 4.17. The van der Waals surface area contributed by atoms with Crippen LogP contribution in [-0.2, 0) is 13.7 Å². The summed E-state index contributed by atoms with van der Waals surface area (Å²) in [6.45, 7) is 4.53. The van der Waals surface area contributed by atoms with Crippen LogP contribution < -0.4 is 4.74 Å². The second kappa shape index (κ2) is 6.22. The van der Waals surface area contributed by atoms with Gasteiger partial charge in [0.05, 0.1) is 0 Å². The average Bonchev–Trinajstić information content (AvgIpc) is 2.81. The van der Waals surface area contributed by atoms with Crippen LogP contribution in [0.15, 0.2) is 30.5 Å². The Bertz CT molecular complexity index is 620. The minimum Gasteiger partial charge on any atom is -0.472 e. The number of ether oxygens (including phenoxy) is 1. The fourth-order valence-electron chi connectivity index (χ4n) is 2.11. The molecule has 0 bridgehead atoms. The fraction of sp³-hybridized carbons (Fsp3) is 0.333. The van der Waals surface area contributed by atoms with Crippen LogP contribution in [-0.4, -0.2) is 14.5 Å². The number of aromatic nitrogens is 2. The topological polar surface area (TPSA) is 44.1 Å². The first-order valence-corrected chi connectivity index (χ1v) is 7.22. The molecule has 5 heteroatoms. The summed E-state index contributed by atoms with van der Waals surface area (Å²) in [5.74, 6) is 0.878. The zero-order valence-electron chi connectivity index (χ0n) is 11.8. The monoisotopic (exact) mass is 336 g/mol. The molecule has 4 nitrogen and oxygen atoms in total. The molecular formula is C15H17BrN2O2. The van der Waals surface area contributed by atoms with Crippen molar-refractivity contribution in [3.8, 4) is 5.88 Å². The summed E-state index contributed by atoms with van der Waals surface area (Å²) in [5.41, 5.74) is 2.67. The Morgan fingerprint density at radius 1 is 1.40 bits per heavy atom. The van der Waals surface area contributed by atoms with Gasteiger partial charge in [0.15, 0.2) is 0 Å². The Labute approximate surface area is 126 Å². The first kappa shape index (κ1) is 14.8. The molecule has 0 fully saturated rings. The largest absolute Gasteiger partial charge is 0.472 e. The van der Waals surface area contributed by atoms with E-state index in [1.165, 1.54) is 0 Å². The number of halogens is 1. The van der Waals surface area contributed by atoms with Crippen molar-refractivity contribution in [2.75, 3.05) is 0 Å². The van der Waals surface area contributed by atoms with Gasteiger partial charge in [-0.25, -0.2) is 0 Å². The van der Waals surface area contributed by atoms with Crippen LogP contribution in [0.4, 0.5) is 0 Å². The Balaban J connectivity index is 2.30. The van der Waals surface area contributed by atoms with E-state index in [4.69, 9.17) is 4.74 Å². The molecule has 2 aromatic rings. The number of aryl methyl sites for hydroxylation is 1. The molecule has 0 aliphatic heterocycles. The fourth-order valence-corrected chi connectivity index (χ4v) is 2.48. The Morgan fingerprint density at radius 2 is 2.15 bits per heavy atom. The summed E-state index contributed by atoms with van der Waals surface area (Å²) >= 11 is 3.03. The summed E-state index contributed by atoms with van der Waals surface area (Å²) in [6, 6.07) is 7.53. The molecule has 0 N–H and O–H groups in total. The highest BCUT2D eigenvalue weighted by molar-refractivity contribution is 9.18. The molecule has 0 saturated carbocycles. The van der Waals surface area contributed by atoms with E-state index in [2.05, 4.69) is 34.9 Å². The molecule has 1 aromatic heterocycles. The summed E-state index contributed by atoms with van der Waals surface area (Å²) in [7, 11) is 1.84. The zero-order valence-corrected chi connectivity index (χ0v) is 13.3. The van der Waals surface area contributed by atoms with E-state index in [9.17, 15) is 4.79 Å². The molecule has 1 heterocycles. The lowest BCUT2D eigenvalue weighted by Crippen LogP contribution is -2.08. The van der Waals surface area contributed by atoms with E-state index >= 15 is 0 Å². The predicted molar refractivity (Wildman–Crippen MR) is 81.3 cm³/mol. The Morgan fingerprint density at radius 3 is 2.70 bits per heavy atom. The molecular weight excluding hydrogens is 320 g/mol. The minimum absolute atomic E-state index is 0.125. The number of benzene rings is 1. The molecule has 0 amide bonds. The molecule has 0 unspecified atom stereocenters. The van der Waals surface area contributed by atoms with Gasteiger partial charge in [-0.3, -0.25) is 9.48 Å². The number of nitrogens with zero attached hydrogens (tertiary/aromatic N) is 2. The van der Waals surface area contributed by atoms with Gasteiger partial charge in [0, 0.05) is 30.4 Å². The second-order valence-corrected chi connectivity index (χ2v) is 5.64. The summed E-state index contributed by atoms with van der Waals surface area (Å²) in [6.07, 6.45) is 1.82. The molecule has 1 aromatic carbocycles. The average molecular weight is 337 g/mol. The lowest BCUT2D eigenvalue weighted by Gasteiger charge is -2.15. The standard InChI is InChI=1S/C15H17BrN2O2/c1-10(2)11-5-4-6-12(15(16)19)13(11)9-20-14-7-8-18(3)17-14/h4-8,10H,9H2,1-3H3. The van der Waals surface area contributed by atoms with Gasteiger partial charge in [0.1, 0.15) is 6.61 Å². The Hall–Kier alpha value is -1.62. The molecule has 0 saturated heterocycles. The van der Waals surface area contributed by atoms with Crippen molar-refractivity contribution in [2.24, 2.45) is 7.05 Å². The van der Waals surface area contributed by atoms with Gasteiger partial charge in [0.2, 0.25) is 10.6 Å². The lowest BCUT2D eigenvalue weighted by atomic mass is 9.94. The first-order valence-electron chi connectivity index (χ1n) is 6.43.